The van der Waals surface area contributed by atoms with Gasteiger partial charge in [0.05, 0.1) is 83.2 Å². The van der Waals surface area contributed by atoms with Gasteiger partial charge in [-0.25, -0.2) is 19.2 Å². The van der Waals surface area contributed by atoms with Gasteiger partial charge in [-0.1, -0.05) is 44.9 Å². The van der Waals surface area contributed by atoms with Crippen molar-refractivity contribution < 1.29 is 152 Å². The monoisotopic (exact) mass is 1530 g/mol. The summed E-state index contributed by atoms with van der Waals surface area (Å²) >= 11 is 0. The molecule has 0 aromatic carbocycles. The van der Waals surface area contributed by atoms with Crippen molar-refractivity contribution in [2.45, 2.75) is 209 Å². The van der Waals surface area contributed by atoms with Gasteiger partial charge in [-0.05, 0) is 109 Å². The fourth-order valence-electron chi connectivity index (χ4n) is 22.2. The first-order chi connectivity index (χ1) is 52.6. The number of esters is 15. The van der Waals surface area contributed by atoms with E-state index in [9.17, 15) is 71.9 Å². The van der Waals surface area contributed by atoms with Crippen LogP contribution in [0.3, 0.4) is 0 Å². The third-order valence-corrected chi connectivity index (χ3v) is 27.5. The Morgan fingerprint density at radius 1 is 0.312 bits per heavy atom. The van der Waals surface area contributed by atoms with Crippen LogP contribution in [0, 0.1) is 118 Å². The average molecular weight is 1530 g/mol. The van der Waals surface area contributed by atoms with Gasteiger partial charge < -0.3 is 80.5 Å². The summed E-state index contributed by atoms with van der Waals surface area (Å²) in [4.78, 5) is 203. The molecule has 109 heavy (non-hydrogen) atoms. The van der Waals surface area contributed by atoms with Crippen LogP contribution in [-0.4, -0.2) is 204 Å². The molecule has 0 N–H and O–H groups in total. The summed E-state index contributed by atoms with van der Waals surface area (Å²) in [6.45, 7) is -6.36. The lowest BCUT2D eigenvalue weighted by Gasteiger charge is -2.36. The molecule has 28 atom stereocenters. The molecule has 0 spiro atoms. The number of fused-ring (bicyclic) bond motifs is 4. The van der Waals surface area contributed by atoms with Gasteiger partial charge in [-0.2, -0.15) is 0 Å². The molecular formula is C77H94O32. The van der Waals surface area contributed by atoms with Gasteiger partial charge >= 0.3 is 89.5 Å². The zero-order valence-corrected chi connectivity index (χ0v) is 60.6. The summed E-state index contributed by atoms with van der Waals surface area (Å²) in [6, 6.07) is 0. The predicted molar refractivity (Wildman–Crippen MR) is 351 cm³/mol. The van der Waals surface area contributed by atoms with Gasteiger partial charge in [0.25, 0.3) is 0 Å². The van der Waals surface area contributed by atoms with E-state index in [1.165, 1.54) is 0 Å². The highest BCUT2D eigenvalue weighted by atomic mass is 16.7. The molecule has 0 amide bonds. The van der Waals surface area contributed by atoms with E-state index in [0.717, 1.165) is 0 Å². The van der Waals surface area contributed by atoms with Crippen LogP contribution in [0.15, 0.2) is 0 Å². The van der Waals surface area contributed by atoms with Gasteiger partial charge in [-0.3, -0.25) is 52.7 Å². The predicted octanol–water partition coefficient (Wildman–Crippen LogP) is 3.72. The molecule has 16 fully saturated rings. The Morgan fingerprint density at radius 3 is 0.899 bits per heavy atom. The Labute approximate surface area is 626 Å². The largest absolute Gasteiger partial charge is 0.464 e. The number of carbonyl (C=O) groups excluding carboxylic acids is 15. The second-order valence-electron chi connectivity index (χ2n) is 33.8. The van der Waals surface area contributed by atoms with E-state index in [2.05, 4.69) is 0 Å². The molecule has 28 unspecified atom stereocenters. The molecule has 32 heteroatoms. The lowest BCUT2D eigenvalue weighted by atomic mass is 9.79. The van der Waals surface area contributed by atoms with E-state index in [-0.39, 0.29) is 140 Å². The second-order valence-corrected chi connectivity index (χ2v) is 33.8. The van der Waals surface area contributed by atoms with Crippen LogP contribution in [-0.2, 0) is 152 Å². The second kappa shape index (κ2) is 31.3. The maximum Gasteiger partial charge on any atom is 0.344 e. The fraction of sp³-hybridized carbons (Fsp3) is 0.805. The summed E-state index contributed by atoms with van der Waals surface area (Å²) < 4.78 is 98.1. The lowest BCUT2D eigenvalue weighted by molar-refractivity contribution is -0.188. The molecule has 0 aromatic rings. The topological polar surface area (TPSA) is 413 Å². The SMILES string of the molecule is O=C(COC(=O)C1CCCC(OCOCC(COC(=O)C2CCCCC2C(=O)OCC(=O)OC2C3CC4C(=O)OC2C4C3)(COC(=O)C2CCCCC2C(=O)OCC(=O)OC2C3CC4C(=O)OC2C4C3)COC(=O)C2CCCCC2C(=O)OCC(=O)OC2C3CC4C(=O)OC2C4C3)C1)OC1C2CC3C(=O)OC1C3C2. The molecule has 8 bridgehead atoms. The minimum Gasteiger partial charge on any atom is -0.464 e. The van der Waals surface area contributed by atoms with Crippen LogP contribution >= 0.6 is 0 Å². The number of hydrogen-bond donors (Lipinski definition) is 0. The van der Waals surface area contributed by atoms with E-state index in [4.69, 9.17) is 80.5 Å². The molecule has 16 aliphatic rings. The van der Waals surface area contributed by atoms with Crippen molar-refractivity contribution in [2.75, 3.05) is 59.6 Å². The smallest absolute Gasteiger partial charge is 0.344 e. The molecule has 0 radical (unpaired) electrons. The Balaban J connectivity index is 0.600. The minimum atomic E-state index is -1.89. The molecule has 4 aliphatic heterocycles. The van der Waals surface area contributed by atoms with Crippen LogP contribution in [0.1, 0.15) is 154 Å². The molecule has 594 valence electrons. The van der Waals surface area contributed by atoms with Crippen molar-refractivity contribution in [3.8, 4) is 0 Å². The number of hydrogen-bond acceptors (Lipinski definition) is 32. The van der Waals surface area contributed by atoms with E-state index in [1.54, 1.807) is 0 Å². The van der Waals surface area contributed by atoms with Crippen molar-refractivity contribution in [1.82, 2.24) is 0 Å². The minimum absolute atomic E-state index is 0.00499. The van der Waals surface area contributed by atoms with E-state index < -0.39 is 227 Å². The highest BCUT2D eigenvalue weighted by Gasteiger charge is 2.67. The standard InChI is InChI=1S/C77H94O32/c78-54(102-58-35-17-46-50(21-35)73(89)106-62(46)58)25-94-66(82)34-8-7-9-39(16-34)101-33-93-29-77(30-98-70(86)43-13-4-1-10-40(43)67(83)95-26-55(79)103-59-36-18-47-51(22-36)74(90)107-63(47)59,31-99-71(87)44-14-5-2-11-41(44)68(84)96-27-56(80)104-60-37-19-48-52(23-37)75(91)108-64(48)60)32-100-72(88)45-15-6-3-12-42(45)69(85)97-28-57(81)105-61-38-20-49-53(24-38)76(92)109-65(49)61/h34-53,58-65H,1-33H2. The van der Waals surface area contributed by atoms with Crippen LogP contribution < -0.4 is 0 Å². The maximum atomic E-state index is 14.8. The highest BCUT2D eigenvalue weighted by molar-refractivity contribution is 5.87. The normalized spacial score (nSPS) is 39.9. The van der Waals surface area contributed by atoms with Crippen LogP contribution in [0.2, 0.25) is 0 Å². The molecule has 4 heterocycles. The van der Waals surface area contributed by atoms with Gasteiger partial charge in [0.15, 0.2) is 26.4 Å². The molecule has 0 aromatic heterocycles. The number of rotatable bonds is 30. The Morgan fingerprint density at radius 2 is 0.596 bits per heavy atom. The Kier molecular flexibility index (Phi) is 21.5. The first-order valence-corrected chi connectivity index (χ1v) is 39.6. The zero-order chi connectivity index (χ0) is 75.7. The van der Waals surface area contributed by atoms with Crippen LogP contribution in [0.25, 0.3) is 0 Å². The Hall–Kier alpha value is -8.03. The fourth-order valence-corrected chi connectivity index (χ4v) is 22.2. The van der Waals surface area contributed by atoms with Crippen molar-refractivity contribution in [1.29, 1.82) is 0 Å². The van der Waals surface area contributed by atoms with Gasteiger partial charge in [0, 0.05) is 47.3 Å². The first-order valence-electron chi connectivity index (χ1n) is 39.6. The van der Waals surface area contributed by atoms with E-state index >= 15 is 0 Å². The van der Waals surface area contributed by atoms with E-state index in [1.807, 2.05) is 0 Å². The summed E-state index contributed by atoms with van der Waals surface area (Å²) in [5.41, 5.74) is -1.89. The van der Waals surface area contributed by atoms with Crippen molar-refractivity contribution in [3.63, 3.8) is 0 Å². The first kappa shape index (κ1) is 75.0. The molecule has 4 saturated heterocycles. The van der Waals surface area contributed by atoms with Crippen molar-refractivity contribution >= 4 is 89.5 Å². The highest BCUT2D eigenvalue weighted by Crippen LogP contribution is 2.59. The van der Waals surface area contributed by atoms with Crippen molar-refractivity contribution in [2.24, 2.45) is 118 Å². The van der Waals surface area contributed by atoms with E-state index in [0.29, 0.717) is 109 Å². The summed E-state index contributed by atoms with van der Waals surface area (Å²) in [6.07, 6.45) is 4.62. The van der Waals surface area contributed by atoms with Gasteiger partial charge in [0.2, 0.25) is 0 Å². The van der Waals surface area contributed by atoms with Crippen LogP contribution in [0.4, 0.5) is 0 Å². The number of carbonyl (C=O) groups is 15. The third kappa shape index (κ3) is 15.0. The molecular weight excluding hydrogens is 1440 g/mol. The van der Waals surface area contributed by atoms with Crippen LogP contribution in [0.5, 0.6) is 0 Å². The molecule has 12 aliphatic carbocycles. The van der Waals surface area contributed by atoms with Crippen molar-refractivity contribution in [3.05, 3.63) is 0 Å². The molecule has 16 rings (SSSR count). The lowest BCUT2D eigenvalue weighted by Crippen LogP contribution is -2.47. The zero-order valence-electron chi connectivity index (χ0n) is 60.6. The summed E-state index contributed by atoms with van der Waals surface area (Å²) in [5, 5.41) is 0. The quantitative estimate of drug-likeness (QED) is 0.0428. The molecule has 12 saturated carbocycles. The molecule has 32 nitrogen and oxygen atoms in total. The van der Waals surface area contributed by atoms with Gasteiger partial charge in [0.1, 0.15) is 75.4 Å². The summed E-state index contributed by atoms with van der Waals surface area (Å²) in [7, 11) is 0. The maximum absolute atomic E-state index is 14.8. The number of ether oxygens (including phenoxy) is 17. The average Bonchev–Trinajstić information content (AvgIpc) is 1.59. The van der Waals surface area contributed by atoms with Gasteiger partial charge in [-0.15, -0.1) is 0 Å². The Bertz CT molecular complexity index is 3360. The third-order valence-electron chi connectivity index (χ3n) is 27.5. The summed E-state index contributed by atoms with van der Waals surface area (Å²) in [5.74, 6) is -19.4.